The molecular weight excluding hydrogens is 282 g/mol. The van der Waals surface area contributed by atoms with Crippen molar-refractivity contribution in [1.82, 2.24) is 10.6 Å². The van der Waals surface area contributed by atoms with Gasteiger partial charge in [-0.15, -0.1) is 0 Å². The Balaban J connectivity index is 1.71. The van der Waals surface area contributed by atoms with Crippen LogP contribution in [0.4, 0.5) is 13.6 Å². The topological polar surface area (TPSA) is 59.6 Å². The molecule has 0 bridgehead atoms. The zero-order chi connectivity index (χ0) is 15.3. The fraction of sp³-hybridized carbons (Fsp3) is 0.500. The zero-order valence-electron chi connectivity index (χ0n) is 11.7. The number of ether oxygens (including phenoxy) is 2. The maximum absolute atomic E-state index is 13.4. The number of hydrogen-bond donors (Lipinski definition) is 2. The van der Waals surface area contributed by atoms with Crippen molar-refractivity contribution in [3.8, 4) is 0 Å². The Kier molecular flexibility index (Phi) is 5.08. The molecule has 1 aromatic carbocycles. The van der Waals surface area contributed by atoms with Crippen molar-refractivity contribution >= 4 is 6.03 Å². The molecule has 2 N–H and O–H groups in total. The second kappa shape index (κ2) is 6.82. The monoisotopic (exact) mass is 300 g/mol. The molecule has 0 aliphatic carbocycles. The van der Waals surface area contributed by atoms with Gasteiger partial charge in [-0.3, -0.25) is 0 Å². The molecule has 7 heteroatoms. The summed E-state index contributed by atoms with van der Waals surface area (Å²) in [6.07, 6.45) is 0.509. The van der Waals surface area contributed by atoms with Crippen LogP contribution in [0.3, 0.4) is 0 Å². The summed E-state index contributed by atoms with van der Waals surface area (Å²) < 4.78 is 37.1. The predicted octanol–water partition coefficient (Wildman–Crippen LogP) is 1.92. The molecule has 116 valence electrons. The van der Waals surface area contributed by atoms with Crippen LogP contribution in [0.1, 0.15) is 18.9 Å². The number of urea groups is 1. The summed E-state index contributed by atoms with van der Waals surface area (Å²) in [7, 11) is 0. The molecule has 0 aromatic heterocycles. The summed E-state index contributed by atoms with van der Waals surface area (Å²) in [5.74, 6) is -1.77. The highest BCUT2D eigenvalue weighted by Crippen LogP contribution is 2.21. The Labute approximate surface area is 121 Å². The average Bonchev–Trinajstić information content (AvgIpc) is 2.87. The first kappa shape index (κ1) is 15.7. The second-order valence-corrected chi connectivity index (χ2v) is 4.93. The Bertz CT molecular complexity index is 505. The van der Waals surface area contributed by atoms with Crippen LogP contribution in [0.5, 0.6) is 0 Å². The van der Waals surface area contributed by atoms with Crippen LogP contribution < -0.4 is 10.6 Å². The third kappa shape index (κ3) is 4.64. The molecular formula is C14H18F2N2O3. The van der Waals surface area contributed by atoms with Crippen molar-refractivity contribution in [2.75, 3.05) is 19.8 Å². The quantitative estimate of drug-likeness (QED) is 0.873. The van der Waals surface area contributed by atoms with E-state index in [-0.39, 0.29) is 12.1 Å². The number of nitrogens with one attached hydrogen (secondary N) is 2. The molecule has 0 saturated carbocycles. The Morgan fingerprint density at radius 2 is 2.00 bits per heavy atom. The van der Waals surface area contributed by atoms with Gasteiger partial charge in [0.05, 0.1) is 13.2 Å². The first-order valence-electron chi connectivity index (χ1n) is 6.72. The van der Waals surface area contributed by atoms with E-state index in [0.717, 1.165) is 18.2 Å². The van der Waals surface area contributed by atoms with E-state index in [9.17, 15) is 13.6 Å². The molecule has 0 unspecified atom stereocenters. The molecule has 1 heterocycles. The summed E-state index contributed by atoms with van der Waals surface area (Å²) >= 11 is 0. The van der Waals surface area contributed by atoms with Crippen molar-refractivity contribution in [3.05, 3.63) is 35.4 Å². The highest BCUT2D eigenvalue weighted by atomic mass is 19.1. The van der Waals surface area contributed by atoms with Crippen LogP contribution in [-0.2, 0) is 16.0 Å². The highest BCUT2D eigenvalue weighted by Gasteiger charge is 2.30. The number of amides is 2. The van der Waals surface area contributed by atoms with Crippen LogP contribution in [-0.4, -0.2) is 31.6 Å². The van der Waals surface area contributed by atoms with E-state index in [0.29, 0.717) is 26.2 Å². The molecule has 1 aromatic rings. The molecule has 0 radical (unpaired) electrons. The summed E-state index contributed by atoms with van der Waals surface area (Å²) in [6, 6.07) is 2.65. The first-order chi connectivity index (χ1) is 9.98. The van der Waals surface area contributed by atoms with Gasteiger partial charge in [-0.1, -0.05) is 0 Å². The van der Waals surface area contributed by atoms with Gasteiger partial charge in [0.1, 0.15) is 11.6 Å². The minimum atomic E-state index is -0.665. The summed E-state index contributed by atoms with van der Waals surface area (Å²) in [4.78, 5) is 11.6. The first-order valence-corrected chi connectivity index (χ1v) is 6.72. The molecule has 0 spiro atoms. The number of halogens is 2. The number of hydrogen-bond acceptors (Lipinski definition) is 3. The molecule has 5 nitrogen and oxygen atoms in total. The van der Waals surface area contributed by atoms with Crippen molar-refractivity contribution < 1.29 is 23.0 Å². The van der Waals surface area contributed by atoms with Gasteiger partial charge in [0.15, 0.2) is 5.79 Å². The van der Waals surface area contributed by atoms with Crippen LogP contribution >= 0.6 is 0 Å². The van der Waals surface area contributed by atoms with E-state index in [2.05, 4.69) is 10.6 Å². The molecule has 1 fully saturated rings. The molecule has 0 atom stereocenters. The molecule has 2 amide bonds. The largest absolute Gasteiger partial charge is 0.348 e. The second-order valence-electron chi connectivity index (χ2n) is 4.93. The van der Waals surface area contributed by atoms with E-state index in [4.69, 9.17) is 9.47 Å². The number of carbonyl (C=O) groups excluding carboxylic acids is 1. The lowest BCUT2D eigenvalue weighted by molar-refractivity contribution is -0.145. The van der Waals surface area contributed by atoms with Crippen LogP contribution in [0.25, 0.3) is 0 Å². The van der Waals surface area contributed by atoms with E-state index in [1.165, 1.54) is 0 Å². The highest BCUT2D eigenvalue weighted by molar-refractivity contribution is 5.73. The van der Waals surface area contributed by atoms with Crippen molar-refractivity contribution in [2.24, 2.45) is 0 Å². The van der Waals surface area contributed by atoms with Gasteiger partial charge < -0.3 is 20.1 Å². The van der Waals surface area contributed by atoms with Gasteiger partial charge in [-0.25, -0.2) is 13.6 Å². The Hall–Kier alpha value is -1.73. The minimum Gasteiger partial charge on any atom is -0.348 e. The lowest BCUT2D eigenvalue weighted by atomic mass is 10.2. The molecule has 2 rings (SSSR count). The van der Waals surface area contributed by atoms with Gasteiger partial charge in [0.25, 0.3) is 0 Å². The van der Waals surface area contributed by atoms with E-state index in [1.807, 2.05) is 6.92 Å². The molecule has 1 saturated heterocycles. The fourth-order valence-electron chi connectivity index (χ4n) is 2.02. The Morgan fingerprint density at radius 3 is 2.71 bits per heavy atom. The predicted molar refractivity (Wildman–Crippen MR) is 71.5 cm³/mol. The summed E-state index contributed by atoms with van der Waals surface area (Å²) in [5.41, 5.74) is 0.0968. The zero-order valence-corrected chi connectivity index (χ0v) is 11.7. The van der Waals surface area contributed by atoms with Crippen LogP contribution in [0.2, 0.25) is 0 Å². The SMILES string of the molecule is CC1(CCNC(=O)NCc2cc(F)ccc2F)OCCO1. The lowest BCUT2D eigenvalue weighted by Gasteiger charge is -2.22. The van der Waals surface area contributed by atoms with Crippen molar-refractivity contribution in [3.63, 3.8) is 0 Å². The smallest absolute Gasteiger partial charge is 0.315 e. The number of carbonyl (C=O) groups is 1. The van der Waals surface area contributed by atoms with E-state index in [1.54, 1.807) is 0 Å². The normalized spacial score (nSPS) is 16.7. The third-order valence-electron chi connectivity index (χ3n) is 3.21. The summed E-state index contributed by atoms with van der Waals surface area (Å²) in [6.45, 7) is 3.17. The Morgan fingerprint density at radius 1 is 1.29 bits per heavy atom. The minimum absolute atomic E-state index is 0.0836. The van der Waals surface area contributed by atoms with Crippen molar-refractivity contribution in [1.29, 1.82) is 0 Å². The standard InChI is InChI=1S/C14H18F2N2O3/c1-14(20-6-7-21-14)4-5-17-13(19)18-9-10-8-11(15)2-3-12(10)16/h2-3,8H,4-7,9H2,1H3,(H2,17,18,19). The third-order valence-corrected chi connectivity index (χ3v) is 3.21. The molecule has 21 heavy (non-hydrogen) atoms. The van der Waals surface area contributed by atoms with Gasteiger partial charge in [-0.05, 0) is 25.1 Å². The van der Waals surface area contributed by atoms with Crippen molar-refractivity contribution in [2.45, 2.75) is 25.7 Å². The molecule has 1 aliphatic rings. The fourth-order valence-corrected chi connectivity index (χ4v) is 2.02. The average molecular weight is 300 g/mol. The summed E-state index contributed by atoms with van der Waals surface area (Å²) in [5, 5.41) is 5.08. The van der Waals surface area contributed by atoms with Gasteiger partial charge in [-0.2, -0.15) is 0 Å². The van der Waals surface area contributed by atoms with Crippen LogP contribution in [0, 0.1) is 11.6 Å². The van der Waals surface area contributed by atoms with Gasteiger partial charge in [0.2, 0.25) is 0 Å². The maximum Gasteiger partial charge on any atom is 0.315 e. The lowest BCUT2D eigenvalue weighted by Crippen LogP contribution is -2.39. The van der Waals surface area contributed by atoms with E-state index >= 15 is 0 Å². The van der Waals surface area contributed by atoms with Crippen LogP contribution in [0.15, 0.2) is 18.2 Å². The van der Waals surface area contributed by atoms with Gasteiger partial charge in [0, 0.05) is 25.1 Å². The number of benzene rings is 1. The van der Waals surface area contributed by atoms with Gasteiger partial charge >= 0.3 is 6.03 Å². The molecule has 1 aliphatic heterocycles. The maximum atomic E-state index is 13.4. The van der Waals surface area contributed by atoms with E-state index < -0.39 is 23.5 Å². The number of rotatable bonds is 5.